The quantitative estimate of drug-likeness (QED) is 0.804. The Labute approximate surface area is 111 Å². The molecule has 0 spiro atoms. The van der Waals surface area contributed by atoms with Crippen molar-refractivity contribution in [3.05, 3.63) is 35.9 Å². The Bertz CT molecular complexity index is 469. The SMILES string of the molecule is COC(=O)C1(N)CN(C(=O)OCc2ccccc2)C1. The van der Waals surface area contributed by atoms with Crippen molar-refractivity contribution in [1.82, 2.24) is 4.90 Å². The van der Waals surface area contributed by atoms with Crippen molar-refractivity contribution < 1.29 is 19.1 Å². The lowest BCUT2D eigenvalue weighted by Gasteiger charge is -2.44. The van der Waals surface area contributed by atoms with Gasteiger partial charge in [0, 0.05) is 0 Å². The van der Waals surface area contributed by atoms with E-state index in [0.717, 1.165) is 5.56 Å². The van der Waals surface area contributed by atoms with Crippen LogP contribution in [0.25, 0.3) is 0 Å². The second-order valence-corrected chi connectivity index (χ2v) is 4.54. The molecule has 102 valence electrons. The highest BCUT2D eigenvalue weighted by atomic mass is 16.6. The Morgan fingerprint density at radius 1 is 1.32 bits per heavy atom. The number of likely N-dealkylation sites (tertiary alicyclic amines) is 1. The van der Waals surface area contributed by atoms with Crippen molar-refractivity contribution in [2.75, 3.05) is 20.2 Å². The van der Waals surface area contributed by atoms with Crippen LogP contribution in [0.5, 0.6) is 0 Å². The Morgan fingerprint density at radius 2 is 1.95 bits per heavy atom. The fourth-order valence-corrected chi connectivity index (χ4v) is 1.91. The molecule has 6 heteroatoms. The number of hydrogen-bond acceptors (Lipinski definition) is 5. The van der Waals surface area contributed by atoms with Crippen LogP contribution in [0.4, 0.5) is 4.79 Å². The number of amides is 1. The summed E-state index contributed by atoms with van der Waals surface area (Å²) in [6, 6.07) is 9.36. The summed E-state index contributed by atoms with van der Waals surface area (Å²) >= 11 is 0. The summed E-state index contributed by atoms with van der Waals surface area (Å²) in [7, 11) is 1.27. The zero-order valence-corrected chi connectivity index (χ0v) is 10.7. The van der Waals surface area contributed by atoms with E-state index in [0.29, 0.717) is 0 Å². The third kappa shape index (κ3) is 2.85. The molecule has 1 amide bonds. The van der Waals surface area contributed by atoms with Gasteiger partial charge in [0.05, 0.1) is 20.2 Å². The van der Waals surface area contributed by atoms with Crippen molar-refractivity contribution in [2.45, 2.75) is 12.1 Å². The summed E-state index contributed by atoms with van der Waals surface area (Å²) in [5.41, 5.74) is 5.58. The van der Waals surface area contributed by atoms with Crippen molar-refractivity contribution >= 4 is 12.1 Å². The van der Waals surface area contributed by atoms with Crippen LogP contribution in [0.15, 0.2) is 30.3 Å². The third-order valence-corrected chi connectivity index (χ3v) is 3.00. The number of carbonyl (C=O) groups is 2. The van der Waals surface area contributed by atoms with Gasteiger partial charge in [-0.25, -0.2) is 9.59 Å². The Morgan fingerprint density at radius 3 is 2.53 bits per heavy atom. The van der Waals surface area contributed by atoms with Gasteiger partial charge in [-0.15, -0.1) is 0 Å². The van der Waals surface area contributed by atoms with E-state index in [4.69, 9.17) is 10.5 Å². The molecule has 2 rings (SSSR count). The monoisotopic (exact) mass is 264 g/mol. The number of methoxy groups -OCH3 is 1. The number of ether oxygens (including phenoxy) is 2. The molecule has 2 N–H and O–H groups in total. The van der Waals surface area contributed by atoms with Gasteiger partial charge in [0.25, 0.3) is 0 Å². The second-order valence-electron chi connectivity index (χ2n) is 4.54. The van der Waals surface area contributed by atoms with Crippen LogP contribution in [-0.2, 0) is 20.9 Å². The summed E-state index contributed by atoms with van der Waals surface area (Å²) < 4.78 is 9.69. The molecule has 1 aromatic carbocycles. The molecule has 0 aromatic heterocycles. The van der Waals surface area contributed by atoms with Crippen molar-refractivity contribution in [3.63, 3.8) is 0 Å². The van der Waals surface area contributed by atoms with E-state index in [-0.39, 0.29) is 19.7 Å². The Balaban J connectivity index is 1.79. The smallest absolute Gasteiger partial charge is 0.410 e. The highest BCUT2D eigenvalue weighted by Crippen LogP contribution is 2.20. The van der Waals surface area contributed by atoms with E-state index in [1.807, 2.05) is 30.3 Å². The number of nitrogens with two attached hydrogens (primary N) is 1. The normalized spacial score (nSPS) is 16.4. The zero-order chi connectivity index (χ0) is 13.9. The summed E-state index contributed by atoms with van der Waals surface area (Å²) in [5, 5.41) is 0. The van der Waals surface area contributed by atoms with Gasteiger partial charge < -0.3 is 20.1 Å². The standard InChI is InChI=1S/C13H16N2O4/c1-18-11(16)13(14)8-15(9-13)12(17)19-7-10-5-3-2-4-6-10/h2-6H,7-9,14H2,1H3. The number of carbonyl (C=O) groups excluding carboxylic acids is 2. The first-order valence-electron chi connectivity index (χ1n) is 5.88. The van der Waals surface area contributed by atoms with Gasteiger partial charge >= 0.3 is 12.1 Å². The predicted molar refractivity (Wildman–Crippen MR) is 67.1 cm³/mol. The maximum Gasteiger partial charge on any atom is 0.410 e. The largest absolute Gasteiger partial charge is 0.468 e. The average molecular weight is 264 g/mol. The fourth-order valence-electron chi connectivity index (χ4n) is 1.91. The van der Waals surface area contributed by atoms with Crippen LogP contribution in [0, 0.1) is 0 Å². The van der Waals surface area contributed by atoms with Crippen molar-refractivity contribution in [3.8, 4) is 0 Å². The highest BCUT2D eigenvalue weighted by Gasteiger charge is 2.49. The van der Waals surface area contributed by atoms with E-state index < -0.39 is 17.6 Å². The van der Waals surface area contributed by atoms with Crippen LogP contribution in [0.1, 0.15) is 5.56 Å². The topological polar surface area (TPSA) is 81.9 Å². The van der Waals surface area contributed by atoms with Crippen LogP contribution in [0.3, 0.4) is 0 Å². The minimum absolute atomic E-state index is 0.118. The summed E-state index contributed by atoms with van der Waals surface area (Å²) in [6.07, 6.45) is -0.478. The van der Waals surface area contributed by atoms with Crippen LogP contribution in [-0.4, -0.2) is 42.7 Å². The van der Waals surface area contributed by atoms with E-state index in [1.54, 1.807) is 0 Å². The number of hydrogen-bond donors (Lipinski definition) is 1. The molecule has 6 nitrogen and oxygen atoms in total. The van der Waals surface area contributed by atoms with Crippen molar-refractivity contribution in [2.24, 2.45) is 5.73 Å². The molecule has 19 heavy (non-hydrogen) atoms. The molecular formula is C13H16N2O4. The lowest BCUT2D eigenvalue weighted by atomic mass is 9.92. The Hall–Kier alpha value is -2.08. The van der Waals surface area contributed by atoms with E-state index in [2.05, 4.69) is 4.74 Å². The highest BCUT2D eigenvalue weighted by molar-refractivity contribution is 5.85. The second kappa shape index (κ2) is 5.27. The lowest BCUT2D eigenvalue weighted by molar-refractivity contribution is -0.152. The Kier molecular flexibility index (Phi) is 3.71. The molecule has 1 saturated heterocycles. The lowest BCUT2D eigenvalue weighted by Crippen LogP contribution is -2.72. The van der Waals surface area contributed by atoms with Gasteiger partial charge in [-0.05, 0) is 5.56 Å². The van der Waals surface area contributed by atoms with Gasteiger partial charge in [0.15, 0.2) is 5.54 Å². The van der Waals surface area contributed by atoms with Crippen LogP contribution >= 0.6 is 0 Å². The van der Waals surface area contributed by atoms with Gasteiger partial charge in [-0.1, -0.05) is 30.3 Å². The minimum Gasteiger partial charge on any atom is -0.468 e. The molecule has 0 unspecified atom stereocenters. The predicted octanol–water partition coefficient (Wildman–Crippen LogP) is 0.509. The molecule has 1 aliphatic heterocycles. The van der Waals surface area contributed by atoms with Crippen LogP contribution < -0.4 is 5.73 Å². The third-order valence-electron chi connectivity index (χ3n) is 3.00. The van der Waals surface area contributed by atoms with E-state index in [1.165, 1.54) is 12.0 Å². The maximum absolute atomic E-state index is 11.7. The summed E-state index contributed by atoms with van der Waals surface area (Å²) in [4.78, 5) is 24.4. The maximum atomic E-state index is 11.7. The average Bonchev–Trinajstić information content (AvgIpc) is 2.41. The van der Waals surface area contributed by atoms with E-state index in [9.17, 15) is 9.59 Å². The first-order valence-corrected chi connectivity index (χ1v) is 5.88. The fraction of sp³-hybridized carbons (Fsp3) is 0.385. The summed E-state index contributed by atoms with van der Waals surface area (Å²) in [5.74, 6) is -0.514. The number of rotatable bonds is 3. The molecule has 0 aliphatic carbocycles. The molecule has 0 atom stereocenters. The number of benzene rings is 1. The van der Waals surface area contributed by atoms with Gasteiger partial charge in [-0.2, -0.15) is 0 Å². The molecule has 0 bridgehead atoms. The molecule has 1 aromatic rings. The van der Waals surface area contributed by atoms with Crippen molar-refractivity contribution in [1.29, 1.82) is 0 Å². The number of esters is 1. The van der Waals surface area contributed by atoms with E-state index >= 15 is 0 Å². The van der Waals surface area contributed by atoms with Crippen LogP contribution in [0.2, 0.25) is 0 Å². The molecular weight excluding hydrogens is 248 g/mol. The zero-order valence-electron chi connectivity index (χ0n) is 10.7. The first-order chi connectivity index (χ1) is 9.05. The van der Waals surface area contributed by atoms with Gasteiger partial charge in [0.1, 0.15) is 6.61 Å². The molecule has 1 heterocycles. The molecule has 1 fully saturated rings. The number of nitrogens with zero attached hydrogens (tertiary/aromatic N) is 1. The first kappa shape index (κ1) is 13.4. The van der Waals surface area contributed by atoms with Gasteiger partial charge in [-0.3, -0.25) is 0 Å². The van der Waals surface area contributed by atoms with Gasteiger partial charge in [0.2, 0.25) is 0 Å². The minimum atomic E-state index is -1.10. The molecule has 1 aliphatic rings. The molecule has 0 radical (unpaired) electrons. The summed E-state index contributed by atoms with van der Waals surface area (Å²) in [6.45, 7) is 0.437. The molecule has 0 saturated carbocycles.